The zero-order chi connectivity index (χ0) is 19.5. The van der Waals surface area contributed by atoms with Gasteiger partial charge in [-0.1, -0.05) is 61.9 Å². The van der Waals surface area contributed by atoms with Crippen LogP contribution in [0.25, 0.3) is 5.57 Å². The van der Waals surface area contributed by atoms with Crippen molar-refractivity contribution in [3.8, 4) is 0 Å². The number of imide groups is 1. The van der Waals surface area contributed by atoms with Gasteiger partial charge in [0.2, 0.25) is 0 Å². The number of ether oxygens (including phenoxy) is 1. The first-order valence-corrected chi connectivity index (χ1v) is 10.7. The van der Waals surface area contributed by atoms with Crippen LogP contribution in [0.4, 0.5) is 0 Å². The molecule has 0 aromatic heterocycles. The van der Waals surface area contributed by atoms with Gasteiger partial charge in [-0.25, -0.2) is 0 Å². The van der Waals surface area contributed by atoms with Crippen LogP contribution in [0.3, 0.4) is 0 Å². The highest BCUT2D eigenvalue weighted by Gasteiger charge is 2.44. The molecule has 150 valence electrons. The van der Waals surface area contributed by atoms with E-state index in [9.17, 15) is 9.59 Å². The monoisotopic (exact) mass is 382 g/mol. The molecule has 5 heteroatoms. The minimum absolute atomic E-state index is 0.0271. The summed E-state index contributed by atoms with van der Waals surface area (Å²) >= 11 is 0. The second kappa shape index (κ2) is 8.48. The molecule has 1 aliphatic carbocycles. The molecule has 1 aromatic carbocycles. The molecule has 2 amide bonds. The average molecular weight is 383 g/mol. The van der Waals surface area contributed by atoms with E-state index < -0.39 is 0 Å². The zero-order valence-electron chi connectivity index (χ0n) is 16.8. The fraction of sp³-hybridized carbons (Fsp3) is 0.565. The van der Waals surface area contributed by atoms with Crippen LogP contribution in [0.1, 0.15) is 56.1 Å². The predicted molar refractivity (Wildman–Crippen MR) is 108 cm³/mol. The van der Waals surface area contributed by atoms with Gasteiger partial charge in [0.1, 0.15) is 5.70 Å². The van der Waals surface area contributed by atoms with Gasteiger partial charge in [0.15, 0.2) is 0 Å². The quantitative estimate of drug-likeness (QED) is 0.751. The normalized spacial score (nSPS) is 22.6. The van der Waals surface area contributed by atoms with Crippen molar-refractivity contribution in [2.75, 3.05) is 26.3 Å². The third-order valence-corrected chi connectivity index (χ3v) is 6.20. The van der Waals surface area contributed by atoms with Crippen LogP contribution >= 0.6 is 0 Å². The average Bonchev–Trinajstić information content (AvgIpc) is 2.94. The van der Waals surface area contributed by atoms with Crippen LogP contribution in [0.5, 0.6) is 0 Å². The molecule has 4 rings (SSSR count). The van der Waals surface area contributed by atoms with Gasteiger partial charge in [-0.05, 0) is 25.3 Å². The molecule has 1 aromatic rings. The first kappa shape index (κ1) is 19.2. The summed E-state index contributed by atoms with van der Waals surface area (Å²) in [6.07, 6.45) is 7.69. The van der Waals surface area contributed by atoms with E-state index in [0.717, 1.165) is 36.8 Å². The molecular formula is C23H30N2O3. The summed E-state index contributed by atoms with van der Waals surface area (Å²) in [6, 6.07) is 7.99. The highest BCUT2D eigenvalue weighted by molar-refractivity contribution is 6.35. The van der Waals surface area contributed by atoms with Crippen molar-refractivity contribution in [2.24, 2.45) is 0 Å². The minimum atomic E-state index is -0.110. The van der Waals surface area contributed by atoms with Gasteiger partial charge in [-0.2, -0.15) is 0 Å². The van der Waals surface area contributed by atoms with Crippen molar-refractivity contribution >= 4 is 17.4 Å². The van der Waals surface area contributed by atoms with Crippen LogP contribution in [-0.4, -0.2) is 54.0 Å². The van der Waals surface area contributed by atoms with Crippen LogP contribution in [0, 0.1) is 6.92 Å². The number of carbonyl (C=O) groups excluding carboxylic acids is 2. The van der Waals surface area contributed by atoms with E-state index in [2.05, 4.69) is 4.90 Å². The van der Waals surface area contributed by atoms with Gasteiger partial charge in [0, 0.05) is 19.1 Å². The summed E-state index contributed by atoms with van der Waals surface area (Å²) in [4.78, 5) is 30.7. The molecule has 0 spiro atoms. The van der Waals surface area contributed by atoms with Crippen LogP contribution in [0.2, 0.25) is 0 Å². The number of benzene rings is 1. The summed E-state index contributed by atoms with van der Waals surface area (Å²) in [5.41, 5.74) is 3.15. The van der Waals surface area contributed by atoms with E-state index in [-0.39, 0.29) is 17.9 Å². The van der Waals surface area contributed by atoms with Gasteiger partial charge in [-0.3, -0.25) is 14.5 Å². The van der Waals surface area contributed by atoms with Crippen molar-refractivity contribution in [1.82, 2.24) is 9.80 Å². The topological polar surface area (TPSA) is 49.9 Å². The maximum Gasteiger partial charge on any atom is 0.278 e. The molecule has 2 aliphatic heterocycles. The van der Waals surface area contributed by atoms with Crippen LogP contribution < -0.4 is 0 Å². The Morgan fingerprint density at radius 2 is 1.46 bits per heavy atom. The van der Waals surface area contributed by atoms with Crippen LogP contribution in [0.15, 0.2) is 30.0 Å². The summed E-state index contributed by atoms with van der Waals surface area (Å²) in [6.45, 7) is 4.53. The summed E-state index contributed by atoms with van der Waals surface area (Å²) in [5.74, 6) is -0.214. The highest BCUT2D eigenvalue weighted by atomic mass is 16.5. The van der Waals surface area contributed by atoms with Gasteiger partial charge < -0.3 is 9.64 Å². The third kappa shape index (κ3) is 3.72. The number of hydrogen-bond acceptors (Lipinski definition) is 4. The van der Waals surface area contributed by atoms with Gasteiger partial charge >= 0.3 is 0 Å². The van der Waals surface area contributed by atoms with Crippen molar-refractivity contribution in [1.29, 1.82) is 0 Å². The van der Waals surface area contributed by atoms with Crippen molar-refractivity contribution in [2.45, 2.75) is 57.9 Å². The smallest absolute Gasteiger partial charge is 0.278 e. The van der Waals surface area contributed by atoms with Crippen molar-refractivity contribution < 1.29 is 14.3 Å². The van der Waals surface area contributed by atoms with Crippen molar-refractivity contribution in [3.63, 3.8) is 0 Å². The number of rotatable bonds is 3. The number of aryl methyl sites for hydroxylation is 1. The Morgan fingerprint density at radius 1 is 0.857 bits per heavy atom. The Bertz CT molecular complexity index is 755. The summed E-state index contributed by atoms with van der Waals surface area (Å²) < 4.78 is 5.48. The molecule has 1 saturated carbocycles. The molecule has 2 heterocycles. The van der Waals surface area contributed by atoms with Gasteiger partial charge in [0.05, 0.1) is 18.8 Å². The molecule has 28 heavy (non-hydrogen) atoms. The maximum absolute atomic E-state index is 13.5. The van der Waals surface area contributed by atoms with E-state index in [0.29, 0.717) is 37.6 Å². The lowest BCUT2D eigenvalue weighted by Crippen LogP contribution is -2.44. The van der Waals surface area contributed by atoms with Crippen LogP contribution in [-0.2, 0) is 14.3 Å². The van der Waals surface area contributed by atoms with E-state index in [1.54, 1.807) is 4.90 Å². The lowest BCUT2D eigenvalue weighted by Gasteiger charge is -2.31. The summed E-state index contributed by atoms with van der Waals surface area (Å²) in [5, 5.41) is 0. The molecule has 1 saturated heterocycles. The molecule has 0 N–H and O–H groups in total. The zero-order valence-corrected chi connectivity index (χ0v) is 16.8. The SMILES string of the molecule is Cc1ccc(C2=C(N3CCOCC3)C(=O)N(C3CCCCCCC3)C2=O)cc1. The molecule has 3 aliphatic rings. The number of carbonyl (C=O) groups is 2. The Balaban J connectivity index is 1.71. The Morgan fingerprint density at radius 3 is 2.11 bits per heavy atom. The van der Waals surface area contributed by atoms with E-state index in [1.165, 1.54) is 19.3 Å². The van der Waals surface area contributed by atoms with E-state index in [4.69, 9.17) is 4.74 Å². The molecule has 0 bridgehead atoms. The Kier molecular flexibility index (Phi) is 5.81. The lowest BCUT2D eigenvalue weighted by atomic mass is 9.95. The lowest BCUT2D eigenvalue weighted by molar-refractivity contribution is -0.141. The van der Waals surface area contributed by atoms with E-state index in [1.807, 2.05) is 31.2 Å². The molecule has 0 atom stereocenters. The van der Waals surface area contributed by atoms with Crippen molar-refractivity contribution in [3.05, 3.63) is 41.1 Å². The summed E-state index contributed by atoms with van der Waals surface area (Å²) in [7, 11) is 0. The standard InChI is InChI=1S/C23H30N2O3/c1-17-9-11-18(12-10-17)20-21(24-13-15-28-16-14-24)23(27)25(22(20)26)19-7-5-3-2-4-6-8-19/h9-12,19H,2-8,13-16H2,1H3. The molecule has 2 fully saturated rings. The Labute approximate surface area is 167 Å². The highest BCUT2D eigenvalue weighted by Crippen LogP contribution is 2.35. The van der Waals surface area contributed by atoms with Gasteiger partial charge in [-0.15, -0.1) is 0 Å². The first-order chi connectivity index (χ1) is 13.7. The largest absolute Gasteiger partial charge is 0.378 e. The molecule has 0 unspecified atom stereocenters. The van der Waals surface area contributed by atoms with E-state index >= 15 is 0 Å². The number of morpholine rings is 1. The first-order valence-electron chi connectivity index (χ1n) is 10.7. The third-order valence-electron chi connectivity index (χ3n) is 6.20. The number of amides is 2. The number of nitrogens with zero attached hydrogens (tertiary/aromatic N) is 2. The fourth-order valence-electron chi connectivity index (χ4n) is 4.62. The second-order valence-electron chi connectivity index (χ2n) is 8.17. The molecule has 0 radical (unpaired) electrons. The Hall–Kier alpha value is -2.14. The minimum Gasteiger partial charge on any atom is -0.378 e. The fourth-order valence-corrected chi connectivity index (χ4v) is 4.62. The second-order valence-corrected chi connectivity index (χ2v) is 8.17. The van der Waals surface area contributed by atoms with Gasteiger partial charge in [0.25, 0.3) is 11.8 Å². The maximum atomic E-state index is 13.5. The molecular weight excluding hydrogens is 352 g/mol. The predicted octanol–water partition coefficient (Wildman–Crippen LogP) is 3.52. The molecule has 5 nitrogen and oxygen atoms in total. The number of hydrogen-bond donors (Lipinski definition) is 0.